The molecule has 2 unspecified atom stereocenters. The molecule has 0 saturated carbocycles. The van der Waals surface area contributed by atoms with Crippen molar-refractivity contribution in [1.29, 1.82) is 0 Å². The van der Waals surface area contributed by atoms with Crippen molar-refractivity contribution in [2.75, 3.05) is 18.2 Å². The maximum absolute atomic E-state index is 9.53. The lowest BCUT2D eigenvalue weighted by Crippen LogP contribution is -2.31. The predicted octanol–water partition coefficient (Wildman–Crippen LogP) is 3.82. The molecule has 1 heterocycles. The van der Waals surface area contributed by atoms with Crippen molar-refractivity contribution in [2.24, 2.45) is 0 Å². The number of aromatic nitrogens is 2. The molecule has 124 valence electrons. The van der Waals surface area contributed by atoms with Gasteiger partial charge < -0.3 is 10.4 Å². The fourth-order valence-corrected chi connectivity index (χ4v) is 3.27. The van der Waals surface area contributed by atoms with E-state index in [-0.39, 0.29) is 17.9 Å². The number of hydrogen-bond acceptors (Lipinski definition) is 5. The third-order valence-corrected chi connectivity index (χ3v) is 5.20. The lowest BCUT2D eigenvalue weighted by Gasteiger charge is -2.22. The number of rotatable bonds is 6. The Bertz CT molecular complexity index is 806. The first-order chi connectivity index (χ1) is 11.7. The normalized spacial score (nSPS) is 13.6. The van der Waals surface area contributed by atoms with Crippen LogP contribution in [0.3, 0.4) is 0 Å². The molecule has 0 aliphatic carbocycles. The van der Waals surface area contributed by atoms with Crippen molar-refractivity contribution in [2.45, 2.75) is 18.2 Å². The van der Waals surface area contributed by atoms with E-state index in [2.05, 4.69) is 12.2 Å². The Morgan fingerprint density at radius 3 is 2.46 bits per heavy atom. The number of aliphatic hydroxyl groups is 1. The smallest absolute Gasteiger partial charge is 0.162 e. The Kier molecular flexibility index (Phi) is 5.33. The summed E-state index contributed by atoms with van der Waals surface area (Å²) >= 11 is 1.65. The van der Waals surface area contributed by atoms with Gasteiger partial charge in [-0.15, -0.1) is 0 Å². The number of anilines is 1. The summed E-state index contributed by atoms with van der Waals surface area (Å²) in [6, 6.07) is 18.0. The molecule has 1 aromatic heterocycles. The second-order valence-corrected chi connectivity index (χ2v) is 6.75. The summed E-state index contributed by atoms with van der Waals surface area (Å²) in [4.78, 5) is 9.44. The van der Waals surface area contributed by atoms with Gasteiger partial charge in [0.15, 0.2) is 5.82 Å². The van der Waals surface area contributed by atoms with Gasteiger partial charge in [-0.05, 0) is 25.3 Å². The van der Waals surface area contributed by atoms with Gasteiger partial charge in [0.05, 0.1) is 12.1 Å². The summed E-state index contributed by atoms with van der Waals surface area (Å²) in [5, 5.41) is 14.1. The van der Waals surface area contributed by atoms with E-state index in [0.29, 0.717) is 5.82 Å². The number of benzene rings is 2. The third-order valence-electron chi connectivity index (χ3n) is 4.04. The molecule has 0 spiro atoms. The predicted molar refractivity (Wildman–Crippen MR) is 102 cm³/mol. The van der Waals surface area contributed by atoms with E-state index < -0.39 is 0 Å². The highest BCUT2D eigenvalue weighted by Crippen LogP contribution is 2.26. The Balaban J connectivity index is 2.05. The molecular weight excluding hydrogens is 318 g/mol. The zero-order valence-electron chi connectivity index (χ0n) is 13.8. The van der Waals surface area contributed by atoms with E-state index >= 15 is 0 Å². The van der Waals surface area contributed by atoms with Crippen molar-refractivity contribution < 1.29 is 5.11 Å². The maximum Gasteiger partial charge on any atom is 0.162 e. The molecule has 0 radical (unpaired) electrons. The minimum atomic E-state index is 0.0897. The van der Waals surface area contributed by atoms with Gasteiger partial charge in [0.25, 0.3) is 0 Å². The van der Waals surface area contributed by atoms with Crippen LogP contribution in [0.25, 0.3) is 22.3 Å². The van der Waals surface area contributed by atoms with E-state index in [1.807, 2.05) is 60.9 Å². The van der Waals surface area contributed by atoms with Crippen LogP contribution in [-0.2, 0) is 0 Å². The molecule has 2 N–H and O–H groups in total. The lowest BCUT2D eigenvalue weighted by atomic mass is 10.1. The first kappa shape index (κ1) is 16.7. The van der Waals surface area contributed by atoms with Crippen molar-refractivity contribution >= 4 is 28.5 Å². The maximum atomic E-state index is 9.53. The highest BCUT2D eigenvalue weighted by Gasteiger charge is 2.17. The Morgan fingerprint density at radius 2 is 1.75 bits per heavy atom. The Labute approximate surface area is 146 Å². The molecule has 0 aliphatic rings. The third kappa shape index (κ3) is 3.52. The molecule has 0 saturated heterocycles. The summed E-state index contributed by atoms with van der Waals surface area (Å²) in [7, 11) is 0. The molecule has 0 fully saturated rings. The lowest BCUT2D eigenvalue weighted by molar-refractivity contribution is 0.288. The average Bonchev–Trinajstić information content (AvgIpc) is 2.63. The van der Waals surface area contributed by atoms with E-state index in [9.17, 15) is 5.11 Å². The molecule has 24 heavy (non-hydrogen) atoms. The van der Waals surface area contributed by atoms with Crippen LogP contribution >= 0.6 is 11.8 Å². The molecule has 2 atom stereocenters. The number of aliphatic hydroxyl groups excluding tert-OH is 1. The fourth-order valence-electron chi connectivity index (χ4n) is 2.65. The van der Waals surface area contributed by atoms with Crippen LogP contribution < -0.4 is 5.32 Å². The molecule has 0 aliphatic heterocycles. The van der Waals surface area contributed by atoms with Gasteiger partial charge in [-0.2, -0.15) is 11.8 Å². The zero-order chi connectivity index (χ0) is 16.9. The van der Waals surface area contributed by atoms with Gasteiger partial charge >= 0.3 is 0 Å². The number of nitrogens with one attached hydrogen (secondary N) is 1. The molecule has 2 aromatic carbocycles. The molecule has 0 bridgehead atoms. The Hall–Kier alpha value is -2.11. The first-order valence-corrected chi connectivity index (χ1v) is 9.24. The van der Waals surface area contributed by atoms with Crippen molar-refractivity contribution in [3.05, 3.63) is 54.6 Å². The van der Waals surface area contributed by atoms with Crippen molar-refractivity contribution in [1.82, 2.24) is 9.97 Å². The number of para-hydroxylation sites is 1. The Morgan fingerprint density at radius 1 is 1.04 bits per heavy atom. The highest BCUT2D eigenvalue weighted by molar-refractivity contribution is 7.99. The topological polar surface area (TPSA) is 58.0 Å². The summed E-state index contributed by atoms with van der Waals surface area (Å²) in [6.07, 6.45) is 2.01. The monoisotopic (exact) mass is 339 g/mol. The van der Waals surface area contributed by atoms with Crippen molar-refractivity contribution in [3.63, 3.8) is 0 Å². The quantitative estimate of drug-likeness (QED) is 0.715. The van der Waals surface area contributed by atoms with Gasteiger partial charge in [0, 0.05) is 22.2 Å². The number of fused-ring (bicyclic) bond motifs is 1. The van der Waals surface area contributed by atoms with E-state index in [0.717, 1.165) is 22.3 Å². The number of thioether (sulfide) groups is 1. The van der Waals surface area contributed by atoms with Gasteiger partial charge in [0.2, 0.25) is 0 Å². The highest BCUT2D eigenvalue weighted by atomic mass is 32.2. The molecule has 3 rings (SSSR count). The summed E-state index contributed by atoms with van der Waals surface area (Å²) in [5.74, 6) is 1.51. The molecule has 0 amide bonds. The molecule has 3 aromatic rings. The minimum absolute atomic E-state index is 0.0897. The van der Waals surface area contributed by atoms with Crippen LogP contribution in [0.1, 0.15) is 6.92 Å². The average molecular weight is 339 g/mol. The van der Waals surface area contributed by atoms with Crippen LogP contribution in [0.15, 0.2) is 54.6 Å². The minimum Gasteiger partial charge on any atom is -0.395 e. The van der Waals surface area contributed by atoms with E-state index in [1.54, 1.807) is 11.8 Å². The SMILES string of the molecule is CSC(CO)C(C)Nc1nc(-c2ccccc2)nc2ccccc12. The zero-order valence-corrected chi connectivity index (χ0v) is 14.6. The van der Waals surface area contributed by atoms with Crippen LogP contribution in [0.5, 0.6) is 0 Å². The van der Waals surface area contributed by atoms with Crippen LogP contribution in [0.4, 0.5) is 5.82 Å². The van der Waals surface area contributed by atoms with Gasteiger partial charge in [0.1, 0.15) is 5.82 Å². The molecule has 4 nitrogen and oxygen atoms in total. The fraction of sp³-hybridized carbons (Fsp3) is 0.263. The van der Waals surface area contributed by atoms with Gasteiger partial charge in [-0.25, -0.2) is 9.97 Å². The van der Waals surface area contributed by atoms with E-state index in [4.69, 9.17) is 9.97 Å². The van der Waals surface area contributed by atoms with Gasteiger partial charge in [-0.3, -0.25) is 0 Å². The second kappa shape index (κ2) is 7.64. The largest absolute Gasteiger partial charge is 0.395 e. The van der Waals surface area contributed by atoms with Gasteiger partial charge in [-0.1, -0.05) is 42.5 Å². The summed E-state index contributed by atoms with van der Waals surface area (Å²) in [5.41, 5.74) is 1.90. The summed E-state index contributed by atoms with van der Waals surface area (Å²) < 4.78 is 0. The second-order valence-electron chi connectivity index (χ2n) is 5.67. The van der Waals surface area contributed by atoms with E-state index in [1.165, 1.54) is 0 Å². The molecule has 5 heteroatoms. The van der Waals surface area contributed by atoms with Crippen LogP contribution in [0, 0.1) is 0 Å². The molecular formula is C19H21N3OS. The summed E-state index contributed by atoms with van der Waals surface area (Å²) in [6.45, 7) is 2.19. The number of nitrogens with zero attached hydrogens (tertiary/aromatic N) is 2. The van der Waals surface area contributed by atoms with Crippen molar-refractivity contribution in [3.8, 4) is 11.4 Å². The standard InChI is InChI=1S/C19H21N3OS/c1-13(17(12-23)24-2)20-19-15-10-6-7-11-16(15)21-18(22-19)14-8-4-3-5-9-14/h3-11,13,17,23H,12H2,1-2H3,(H,20,21,22). The van der Waals surface area contributed by atoms with Crippen LogP contribution in [0.2, 0.25) is 0 Å². The number of hydrogen-bond donors (Lipinski definition) is 2. The first-order valence-electron chi connectivity index (χ1n) is 7.95. The van der Waals surface area contributed by atoms with Crippen LogP contribution in [-0.4, -0.2) is 39.2 Å².